The number of allylic oxidation sites excluding steroid dienone is 1. The number of anilines is 1. The predicted octanol–water partition coefficient (Wildman–Crippen LogP) is 8.24. The fourth-order valence-electron chi connectivity index (χ4n) is 6.46. The van der Waals surface area contributed by atoms with Crippen LogP contribution in [0, 0.1) is 5.92 Å². The Kier molecular flexibility index (Phi) is 6.28. The van der Waals surface area contributed by atoms with Gasteiger partial charge in [0.2, 0.25) is 0 Å². The van der Waals surface area contributed by atoms with Gasteiger partial charge in [-0.3, -0.25) is 0 Å². The van der Waals surface area contributed by atoms with Gasteiger partial charge in [-0.1, -0.05) is 31.4 Å². The number of aliphatic hydroxyl groups excluding tert-OH is 1. The second-order valence-electron chi connectivity index (χ2n) is 11.3. The minimum absolute atomic E-state index is 0.0774. The molecule has 0 saturated heterocycles. The van der Waals surface area contributed by atoms with E-state index in [9.17, 15) is 10.2 Å². The van der Waals surface area contributed by atoms with Crippen molar-refractivity contribution in [2.45, 2.75) is 64.5 Å². The fourth-order valence-corrected chi connectivity index (χ4v) is 7.33. The Labute approximate surface area is 228 Å². The minimum Gasteiger partial charge on any atom is -0.504 e. The molecule has 6 heteroatoms. The molecule has 1 unspecified atom stereocenters. The zero-order valence-corrected chi connectivity index (χ0v) is 23.2. The molecular formula is C32H35NO4S. The number of benzene rings is 2. The van der Waals surface area contributed by atoms with Gasteiger partial charge in [0, 0.05) is 27.3 Å². The monoisotopic (exact) mass is 529 g/mol. The Morgan fingerprint density at radius 2 is 1.87 bits per heavy atom. The normalized spacial score (nSPS) is 19.9. The summed E-state index contributed by atoms with van der Waals surface area (Å²) in [7, 11) is 1.57. The van der Waals surface area contributed by atoms with Crippen molar-refractivity contribution < 1.29 is 19.7 Å². The summed E-state index contributed by atoms with van der Waals surface area (Å²) in [6, 6.07) is 9.65. The zero-order valence-electron chi connectivity index (χ0n) is 22.4. The average molecular weight is 530 g/mol. The maximum Gasteiger partial charge on any atom is 0.172 e. The standard InChI is InChI=1S/C32H35NO4S/c1-18-17-32(2,3)33-22-11-10-21-28(27(18)22)25(37-24-13-12-23(34)31(36-4)29(21)24)16-26-20(14-15-38-26)30(35)19-8-6-5-7-9-19/h10-17,19,30,33-35H,5-9H2,1-4H3. The number of phenols is 1. The third-order valence-corrected chi connectivity index (χ3v) is 8.96. The largest absolute Gasteiger partial charge is 0.504 e. The Balaban J connectivity index is 1.55. The molecule has 3 aromatic rings. The van der Waals surface area contributed by atoms with E-state index in [1.807, 2.05) is 0 Å². The van der Waals surface area contributed by atoms with Gasteiger partial charge in [0.05, 0.1) is 24.3 Å². The van der Waals surface area contributed by atoms with Crippen LogP contribution in [0.15, 0.2) is 41.8 Å². The second kappa shape index (κ2) is 9.51. The van der Waals surface area contributed by atoms with E-state index in [0.717, 1.165) is 62.6 Å². The second-order valence-corrected chi connectivity index (χ2v) is 12.2. The number of ether oxygens (including phenoxy) is 2. The third-order valence-electron chi connectivity index (χ3n) is 8.08. The quantitative estimate of drug-likeness (QED) is 0.317. The number of aliphatic hydroxyl groups is 1. The van der Waals surface area contributed by atoms with Crippen LogP contribution in [0.25, 0.3) is 28.5 Å². The van der Waals surface area contributed by atoms with Gasteiger partial charge in [-0.15, -0.1) is 11.3 Å². The van der Waals surface area contributed by atoms with E-state index in [1.54, 1.807) is 30.6 Å². The third kappa shape index (κ3) is 4.20. The number of hydrogen-bond acceptors (Lipinski definition) is 6. The van der Waals surface area contributed by atoms with Gasteiger partial charge in [-0.2, -0.15) is 0 Å². The van der Waals surface area contributed by atoms with E-state index in [1.165, 1.54) is 19.3 Å². The SMILES string of the molecule is COc1c(O)ccc2c1-c1ccc3c(c1C(=Cc1sccc1C(O)C1CCCCC1)O2)C(C)=CC(C)(C)N3. The van der Waals surface area contributed by atoms with Crippen LogP contribution < -0.4 is 14.8 Å². The highest BCUT2D eigenvalue weighted by Crippen LogP contribution is 2.54. The van der Waals surface area contributed by atoms with Gasteiger partial charge in [0.15, 0.2) is 11.5 Å². The van der Waals surface area contributed by atoms with E-state index < -0.39 is 6.10 Å². The Morgan fingerprint density at radius 1 is 1.08 bits per heavy atom. The van der Waals surface area contributed by atoms with Gasteiger partial charge in [0.25, 0.3) is 0 Å². The molecule has 1 aliphatic carbocycles. The first-order valence-corrected chi connectivity index (χ1v) is 14.4. The molecule has 0 bridgehead atoms. The lowest BCUT2D eigenvalue weighted by Gasteiger charge is -2.35. The Hall–Kier alpha value is -3.22. The van der Waals surface area contributed by atoms with Crippen molar-refractivity contribution in [3.63, 3.8) is 0 Å². The molecule has 2 aliphatic heterocycles. The molecule has 0 amide bonds. The number of aromatic hydroxyl groups is 1. The number of fused-ring (bicyclic) bond motifs is 5. The summed E-state index contributed by atoms with van der Waals surface area (Å²) in [5, 5.41) is 27.7. The molecule has 198 valence electrons. The van der Waals surface area contributed by atoms with Crippen molar-refractivity contribution in [3.8, 4) is 28.4 Å². The van der Waals surface area contributed by atoms with Crippen LogP contribution in [0.3, 0.4) is 0 Å². The highest BCUT2D eigenvalue weighted by Gasteiger charge is 2.34. The lowest BCUT2D eigenvalue weighted by molar-refractivity contribution is 0.0851. The van der Waals surface area contributed by atoms with E-state index in [4.69, 9.17) is 9.47 Å². The van der Waals surface area contributed by atoms with Crippen LogP contribution in [-0.2, 0) is 0 Å². The zero-order chi connectivity index (χ0) is 26.6. The fraction of sp³-hybridized carbons (Fsp3) is 0.375. The van der Waals surface area contributed by atoms with Crippen molar-refractivity contribution in [1.29, 1.82) is 0 Å². The summed E-state index contributed by atoms with van der Waals surface area (Å²) in [4.78, 5) is 1.02. The Morgan fingerprint density at radius 3 is 2.63 bits per heavy atom. The Bertz CT molecular complexity index is 1460. The molecule has 2 aromatic carbocycles. The molecule has 38 heavy (non-hydrogen) atoms. The number of nitrogens with one attached hydrogen (secondary N) is 1. The van der Waals surface area contributed by atoms with Crippen molar-refractivity contribution in [2.24, 2.45) is 5.92 Å². The molecule has 1 saturated carbocycles. The first-order chi connectivity index (χ1) is 18.3. The highest BCUT2D eigenvalue weighted by atomic mass is 32.1. The number of methoxy groups -OCH3 is 1. The molecule has 1 aromatic heterocycles. The van der Waals surface area contributed by atoms with Crippen molar-refractivity contribution in [2.75, 3.05) is 12.4 Å². The summed E-state index contributed by atoms with van der Waals surface area (Å²) in [5.74, 6) is 2.14. The lowest BCUT2D eigenvalue weighted by atomic mass is 9.82. The molecule has 3 aliphatic rings. The maximum atomic E-state index is 11.4. The molecule has 0 spiro atoms. The molecule has 3 heterocycles. The summed E-state index contributed by atoms with van der Waals surface area (Å²) >= 11 is 1.63. The van der Waals surface area contributed by atoms with Crippen LogP contribution in [0.4, 0.5) is 5.69 Å². The summed E-state index contributed by atoms with van der Waals surface area (Å²) in [6.45, 7) is 6.46. The van der Waals surface area contributed by atoms with Gasteiger partial charge in [-0.05, 0) is 86.4 Å². The summed E-state index contributed by atoms with van der Waals surface area (Å²) in [5.41, 5.74) is 6.73. The van der Waals surface area contributed by atoms with Crippen molar-refractivity contribution in [3.05, 3.63) is 63.4 Å². The molecule has 3 N–H and O–H groups in total. The first-order valence-electron chi connectivity index (χ1n) is 13.5. The first kappa shape index (κ1) is 25.1. The minimum atomic E-state index is -0.477. The van der Waals surface area contributed by atoms with Gasteiger partial charge in [-0.25, -0.2) is 0 Å². The number of hydrogen-bond donors (Lipinski definition) is 3. The number of phenolic OH excluding ortho intramolecular Hbond substituents is 1. The van der Waals surface area contributed by atoms with E-state index in [2.05, 4.69) is 61.8 Å². The molecule has 1 fully saturated rings. The summed E-state index contributed by atoms with van der Waals surface area (Å²) < 4.78 is 12.3. The van der Waals surface area contributed by atoms with Gasteiger partial charge >= 0.3 is 0 Å². The molecular weight excluding hydrogens is 494 g/mol. The maximum absolute atomic E-state index is 11.4. The van der Waals surface area contributed by atoms with Crippen LogP contribution in [0.1, 0.15) is 80.5 Å². The molecule has 1 atom stereocenters. The van der Waals surface area contributed by atoms with Crippen LogP contribution in [0.2, 0.25) is 0 Å². The van der Waals surface area contributed by atoms with Gasteiger partial charge < -0.3 is 25.0 Å². The topological polar surface area (TPSA) is 71.0 Å². The van der Waals surface area contributed by atoms with Gasteiger partial charge in [0.1, 0.15) is 11.5 Å². The molecule has 0 radical (unpaired) electrons. The smallest absolute Gasteiger partial charge is 0.172 e. The van der Waals surface area contributed by atoms with E-state index >= 15 is 0 Å². The average Bonchev–Trinajstić information content (AvgIpc) is 3.36. The number of thiophene rings is 1. The van der Waals surface area contributed by atoms with Crippen molar-refractivity contribution >= 4 is 34.4 Å². The molecule has 5 nitrogen and oxygen atoms in total. The van der Waals surface area contributed by atoms with Crippen LogP contribution >= 0.6 is 11.3 Å². The molecule has 6 rings (SSSR count). The highest BCUT2D eigenvalue weighted by molar-refractivity contribution is 7.11. The number of rotatable bonds is 4. The van der Waals surface area contributed by atoms with E-state index in [-0.39, 0.29) is 11.3 Å². The summed E-state index contributed by atoms with van der Waals surface area (Å²) in [6.07, 6.45) is 9.62. The predicted molar refractivity (Wildman–Crippen MR) is 156 cm³/mol. The van der Waals surface area contributed by atoms with E-state index in [0.29, 0.717) is 17.4 Å². The van der Waals surface area contributed by atoms with Crippen LogP contribution in [-0.4, -0.2) is 22.9 Å². The van der Waals surface area contributed by atoms with Crippen LogP contribution in [0.5, 0.6) is 17.2 Å². The van der Waals surface area contributed by atoms with Crippen molar-refractivity contribution in [1.82, 2.24) is 0 Å². The lowest BCUT2D eigenvalue weighted by Crippen LogP contribution is -2.32.